The highest BCUT2D eigenvalue weighted by Gasteiger charge is 2.36. The molecule has 1 aliphatic carbocycles. The third-order valence-electron chi connectivity index (χ3n) is 2.41. The summed E-state index contributed by atoms with van der Waals surface area (Å²) in [7, 11) is 0. The fourth-order valence-corrected chi connectivity index (χ4v) is 1.99. The highest BCUT2D eigenvalue weighted by molar-refractivity contribution is 6.76. The van der Waals surface area contributed by atoms with Crippen molar-refractivity contribution in [3.8, 4) is 0 Å². The summed E-state index contributed by atoms with van der Waals surface area (Å²) in [5.41, 5.74) is 0.933. The Hall–Kier alpha value is -0.180. The molecule has 16 heavy (non-hydrogen) atoms. The van der Waals surface area contributed by atoms with E-state index in [-0.39, 0.29) is 0 Å². The molecule has 1 rings (SSSR count). The fraction of sp³-hybridized carbons (Fsp3) is 0.545. The molecular formula is C11H14Cl3NO. The maximum absolute atomic E-state index is 11.9. The van der Waals surface area contributed by atoms with Crippen molar-refractivity contribution in [1.29, 1.82) is 0 Å². The number of carbonyl (C=O) groups excluding carboxylic acids is 1. The normalized spacial score (nSPS) is 16.6. The maximum atomic E-state index is 11.9. The standard InChI is InChI=1S/C11H14Cl3NO/c1-2-8-15(10(16)11(12,13)14)9-6-4-3-5-7-9/h2,6H,1,3-5,7-8H2. The van der Waals surface area contributed by atoms with Gasteiger partial charge in [-0.1, -0.05) is 47.0 Å². The smallest absolute Gasteiger partial charge is 0.279 e. The Morgan fingerprint density at radius 1 is 1.50 bits per heavy atom. The molecule has 90 valence electrons. The predicted octanol–water partition coefficient (Wildman–Crippen LogP) is 3.83. The van der Waals surface area contributed by atoms with Crippen molar-refractivity contribution in [2.45, 2.75) is 29.5 Å². The van der Waals surface area contributed by atoms with E-state index in [1.54, 1.807) is 6.08 Å². The zero-order chi connectivity index (χ0) is 12.2. The van der Waals surface area contributed by atoms with Gasteiger partial charge in [-0.15, -0.1) is 6.58 Å². The highest BCUT2D eigenvalue weighted by atomic mass is 35.6. The van der Waals surface area contributed by atoms with Crippen LogP contribution in [0.25, 0.3) is 0 Å². The molecule has 0 aromatic rings. The van der Waals surface area contributed by atoms with Gasteiger partial charge < -0.3 is 4.90 Å². The van der Waals surface area contributed by atoms with E-state index in [0.29, 0.717) is 6.54 Å². The number of amides is 1. The Kier molecular flexibility index (Phi) is 5.16. The van der Waals surface area contributed by atoms with Crippen LogP contribution >= 0.6 is 34.8 Å². The zero-order valence-electron chi connectivity index (χ0n) is 8.89. The van der Waals surface area contributed by atoms with Crippen LogP contribution in [-0.4, -0.2) is 21.1 Å². The highest BCUT2D eigenvalue weighted by Crippen LogP contribution is 2.32. The lowest BCUT2D eigenvalue weighted by Gasteiger charge is -2.29. The minimum Gasteiger partial charge on any atom is -0.309 e. The van der Waals surface area contributed by atoms with Gasteiger partial charge in [0.2, 0.25) is 0 Å². The molecule has 0 aromatic heterocycles. The summed E-state index contributed by atoms with van der Waals surface area (Å²) in [5, 5.41) is 0. The Bertz CT molecular complexity index is 307. The summed E-state index contributed by atoms with van der Waals surface area (Å²) in [5.74, 6) is -0.509. The lowest BCUT2D eigenvalue weighted by molar-refractivity contribution is -0.128. The molecule has 2 nitrogen and oxygen atoms in total. The van der Waals surface area contributed by atoms with Crippen molar-refractivity contribution in [2.24, 2.45) is 0 Å². The molecule has 5 heteroatoms. The zero-order valence-corrected chi connectivity index (χ0v) is 11.2. The first kappa shape index (κ1) is 13.9. The summed E-state index contributed by atoms with van der Waals surface area (Å²) in [6.07, 6.45) is 7.68. The SMILES string of the molecule is C=CCN(C(=O)C(Cl)(Cl)Cl)C1=CCCCC1. The van der Waals surface area contributed by atoms with E-state index >= 15 is 0 Å². The molecule has 0 radical (unpaired) electrons. The molecular weight excluding hydrogens is 268 g/mol. The van der Waals surface area contributed by atoms with Crippen molar-refractivity contribution in [3.63, 3.8) is 0 Å². The van der Waals surface area contributed by atoms with Gasteiger partial charge in [0.05, 0.1) is 0 Å². The summed E-state index contributed by atoms with van der Waals surface area (Å²) in [4.78, 5) is 13.4. The second-order valence-corrected chi connectivity index (χ2v) is 5.92. The van der Waals surface area contributed by atoms with Gasteiger partial charge in [-0.3, -0.25) is 4.79 Å². The minimum atomic E-state index is -1.90. The summed E-state index contributed by atoms with van der Waals surface area (Å²) >= 11 is 16.8. The molecule has 0 atom stereocenters. The number of rotatable bonds is 3. The molecule has 0 spiro atoms. The van der Waals surface area contributed by atoms with E-state index in [9.17, 15) is 4.79 Å². The number of nitrogens with zero attached hydrogens (tertiary/aromatic N) is 1. The Morgan fingerprint density at radius 3 is 2.62 bits per heavy atom. The average molecular weight is 283 g/mol. The van der Waals surface area contributed by atoms with Crippen molar-refractivity contribution in [3.05, 3.63) is 24.4 Å². The topological polar surface area (TPSA) is 20.3 Å². The number of carbonyl (C=O) groups is 1. The lowest BCUT2D eigenvalue weighted by Crippen LogP contribution is -2.39. The molecule has 0 bridgehead atoms. The van der Waals surface area contributed by atoms with Crippen molar-refractivity contribution < 1.29 is 4.79 Å². The molecule has 0 heterocycles. The number of allylic oxidation sites excluding steroid dienone is 2. The van der Waals surface area contributed by atoms with Crippen molar-refractivity contribution in [2.75, 3.05) is 6.54 Å². The van der Waals surface area contributed by atoms with Gasteiger partial charge in [-0.05, 0) is 25.7 Å². The third kappa shape index (κ3) is 3.69. The number of alkyl halides is 3. The first-order valence-electron chi connectivity index (χ1n) is 5.15. The Morgan fingerprint density at radius 2 is 2.19 bits per heavy atom. The van der Waals surface area contributed by atoms with Crippen LogP contribution < -0.4 is 0 Å². The van der Waals surface area contributed by atoms with Gasteiger partial charge in [0.25, 0.3) is 9.70 Å². The largest absolute Gasteiger partial charge is 0.309 e. The monoisotopic (exact) mass is 281 g/mol. The summed E-state index contributed by atoms with van der Waals surface area (Å²) < 4.78 is -1.90. The van der Waals surface area contributed by atoms with Crippen LogP contribution in [0.15, 0.2) is 24.4 Å². The van der Waals surface area contributed by atoms with Gasteiger partial charge in [-0.2, -0.15) is 0 Å². The molecule has 0 aliphatic heterocycles. The van der Waals surface area contributed by atoms with Crippen molar-refractivity contribution >= 4 is 40.7 Å². The van der Waals surface area contributed by atoms with E-state index in [0.717, 1.165) is 31.4 Å². The van der Waals surface area contributed by atoms with Gasteiger partial charge in [-0.25, -0.2) is 0 Å². The first-order valence-corrected chi connectivity index (χ1v) is 6.29. The second-order valence-electron chi connectivity index (χ2n) is 3.64. The van der Waals surface area contributed by atoms with E-state index in [2.05, 4.69) is 6.58 Å². The molecule has 0 unspecified atom stereocenters. The molecule has 0 saturated carbocycles. The average Bonchev–Trinajstić information content (AvgIpc) is 2.25. The van der Waals surface area contributed by atoms with Crippen LogP contribution in [0.2, 0.25) is 0 Å². The van der Waals surface area contributed by atoms with E-state index in [4.69, 9.17) is 34.8 Å². The Labute approximate surface area is 111 Å². The number of hydrogen-bond acceptors (Lipinski definition) is 1. The first-order chi connectivity index (χ1) is 7.46. The van der Waals surface area contributed by atoms with E-state index in [1.165, 1.54) is 4.90 Å². The minimum absolute atomic E-state index is 0.374. The fourth-order valence-electron chi connectivity index (χ4n) is 1.68. The van der Waals surface area contributed by atoms with E-state index < -0.39 is 9.70 Å². The van der Waals surface area contributed by atoms with Gasteiger partial charge in [0, 0.05) is 12.2 Å². The van der Waals surface area contributed by atoms with Crippen molar-refractivity contribution in [1.82, 2.24) is 4.90 Å². The molecule has 0 aromatic carbocycles. The van der Waals surface area contributed by atoms with Crippen LogP contribution in [0.5, 0.6) is 0 Å². The van der Waals surface area contributed by atoms with Crippen LogP contribution in [-0.2, 0) is 4.79 Å². The molecule has 1 aliphatic rings. The summed E-state index contributed by atoms with van der Waals surface area (Å²) in [6, 6.07) is 0. The van der Waals surface area contributed by atoms with Crippen LogP contribution in [0.4, 0.5) is 0 Å². The van der Waals surface area contributed by atoms with Crippen LogP contribution in [0, 0.1) is 0 Å². The van der Waals surface area contributed by atoms with E-state index in [1.807, 2.05) is 6.08 Å². The number of hydrogen-bond donors (Lipinski definition) is 0. The molecule has 1 amide bonds. The molecule has 0 saturated heterocycles. The predicted molar refractivity (Wildman–Crippen MR) is 68.8 cm³/mol. The number of halogens is 3. The van der Waals surface area contributed by atoms with Crippen LogP contribution in [0.3, 0.4) is 0 Å². The molecule has 0 fully saturated rings. The maximum Gasteiger partial charge on any atom is 0.279 e. The Balaban J connectivity index is 2.85. The van der Waals surface area contributed by atoms with Gasteiger partial charge in [0.15, 0.2) is 0 Å². The molecule has 0 N–H and O–H groups in total. The lowest BCUT2D eigenvalue weighted by atomic mass is 10.0. The van der Waals surface area contributed by atoms with Gasteiger partial charge in [0.1, 0.15) is 0 Å². The quantitative estimate of drug-likeness (QED) is 0.569. The third-order valence-corrected chi connectivity index (χ3v) is 2.90. The second kappa shape index (κ2) is 5.95. The summed E-state index contributed by atoms with van der Waals surface area (Å²) in [6.45, 7) is 3.98. The van der Waals surface area contributed by atoms with Gasteiger partial charge >= 0.3 is 0 Å². The van der Waals surface area contributed by atoms with Crippen LogP contribution in [0.1, 0.15) is 25.7 Å².